The summed E-state index contributed by atoms with van der Waals surface area (Å²) in [5.41, 5.74) is 5.37. The van der Waals surface area contributed by atoms with Crippen molar-refractivity contribution >= 4 is 22.6 Å². The smallest absolute Gasteiger partial charge is 0.262 e. The van der Waals surface area contributed by atoms with Crippen LogP contribution in [0.2, 0.25) is 0 Å². The van der Waals surface area contributed by atoms with Crippen molar-refractivity contribution < 1.29 is 19.1 Å². The van der Waals surface area contributed by atoms with Gasteiger partial charge in [-0.15, -0.1) is 0 Å². The highest BCUT2D eigenvalue weighted by molar-refractivity contribution is 6.27. The third-order valence-electron chi connectivity index (χ3n) is 6.89. The summed E-state index contributed by atoms with van der Waals surface area (Å²) < 4.78 is 13.3. The average molecular weight is 452 g/mol. The number of carbonyl (C=O) groups is 2. The van der Waals surface area contributed by atoms with E-state index < -0.39 is 18.0 Å². The molecule has 2 aliphatic heterocycles. The fourth-order valence-corrected chi connectivity index (χ4v) is 5.32. The number of aliphatic hydroxyl groups excluding tert-OH is 1. The minimum absolute atomic E-state index is 0.132. The molecule has 1 aromatic heterocycles. The van der Waals surface area contributed by atoms with E-state index in [0.717, 1.165) is 38.9 Å². The summed E-state index contributed by atoms with van der Waals surface area (Å²) in [4.78, 5) is 31.6. The number of ketones is 1. The molecule has 1 fully saturated rings. The van der Waals surface area contributed by atoms with Gasteiger partial charge in [0.25, 0.3) is 5.91 Å². The molecule has 6 heteroatoms. The molecule has 0 saturated carbocycles. The van der Waals surface area contributed by atoms with Crippen LogP contribution in [-0.2, 0) is 16.0 Å². The van der Waals surface area contributed by atoms with E-state index in [0.29, 0.717) is 6.42 Å². The molecule has 1 saturated heterocycles. The number of nitrogens with zero attached hydrogens (tertiary/aromatic N) is 1. The number of rotatable bonds is 2. The second-order valence-corrected chi connectivity index (χ2v) is 8.85. The predicted molar refractivity (Wildman–Crippen MR) is 127 cm³/mol. The van der Waals surface area contributed by atoms with Gasteiger partial charge in [0, 0.05) is 23.0 Å². The van der Waals surface area contributed by atoms with Gasteiger partial charge in [-0.1, -0.05) is 54.6 Å². The maximum Gasteiger partial charge on any atom is 0.262 e. The van der Waals surface area contributed by atoms with Gasteiger partial charge in [0.2, 0.25) is 0 Å². The second-order valence-electron chi connectivity index (χ2n) is 8.85. The predicted octanol–water partition coefficient (Wildman–Crippen LogP) is 5.23. The Morgan fingerprint density at radius 2 is 1.62 bits per heavy atom. The van der Waals surface area contributed by atoms with Crippen LogP contribution >= 0.6 is 0 Å². The Balaban J connectivity index is 1.51. The summed E-state index contributed by atoms with van der Waals surface area (Å²) in [6, 6.07) is 20.8. The average Bonchev–Trinajstić information content (AvgIpc) is 3.33. The lowest BCUT2D eigenvalue weighted by Gasteiger charge is -2.37. The van der Waals surface area contributed by atoms with Gasteiger partial charge in [-0.05, 0) is 47.4 Å². The largest absolute Gasteiger partial charge is 0.512 e. The number of H-pyrrole nitrogens is 1. The van der Waals surface area contributed by atoms with Crippen LogP contribution in [0.1, 0.15) is 29.8 Å². The van der Waals surface area contributed by atoms with Crippen molar-refractivity contribution in [3.05, 3.63) is 107 Å². The zero-order valence-electron chi connectivity index (χ0n) is 18.4. The third kappa shape index (κ3) is 2.91. The van der Waals surface area contributed by atoms with E-state index in [-0.39, 0.29) is 22.9 Å². The Hall–Kier alpha value is -4.19. The molecule has 0 spiro atoms. The van der Waals surface area contributed by atoms with Gasteiger partial charge in [0.1, 0.15) is 23.2 Å². The number of aromatic amines is 1. The first-order valence-corrected chi connectivity index (χ1v) is 11.2. The van der Waals surface area contributed by atoms with Crippen LogP contribution in [0, 0.1) is 5.82 Å². The normalized spacial score (nSPS) is 21.1. The number of Topliss-reactive ketones (excluding diaryl/α,β-unsaturated/α-hetero) is 1. The van der Waals surface area contributed by atoms with Crippen LogP contribution in [0.15, 0.2) is 84.1 Å². The van der Waals surface area contributed by atoms with Crippen molar-refractivity contribution in [2.45, 2.75) is 25.4 Å². The molecule has 0 bridgehead atoms. The number of benzene rings is 3. The van der Waals surface area contributed by atoms with Crippen molar-refractivity contribution in [3.8, 4) is 11.1 Å². The molecule has 2 atom stereocenters. The summed E-state index contributed by atoms with van der Waals surface area (Å²) in [7, 11) is 0. The minimum Gasteiger partial charge on any atom is -0.512 e. The Morgan fingerprint density at radius 3 is 2.29 bits per heavy atom. The third-order valence-corrected chi connectivity index (χ3v) is 6.89. The summed E-state index contributed by atoms with van der Waals surface area (Å²) in [5, 5.41) is 11.1. The molecule has 5 nitrogen and oxygen atoms in total. The Morgan fingerprint density at radius 1 is 0.971 bits per heavy atom. The van der Waals surface area contributed by atoms with Crippen LogP contribution in [0.4, 0.5) is 4.39 Å². The molecule has 4 aromatic rings. The van der Waals surface area contributed by atoms with E-state index in [1.54, 1.807) is 17.0 Å². The van der Waals surface area contributed by atoms with Gasteiger partial charge in [0.05, 0.1) is 6.04 Å². The first kappa shape index (κ1) is 20.4. The van der Waals surface area contributed by atoms with Crippen molar-refractivity contribution in [1.29, 1.82) is 0 Å². The van der Waals surface area contributed by atoms with E-state index in [2.05, 4.69) is 4.98 Å². The van der Waals surface area contributed by atoms with Crippen LogP contribution in [-0.4, -0.2) is 32.7 Å². The number of nitrogens with one attached hydrogen (secondary N) is 1. The molecular formula is C28H21FN2O3. The highest BCUT2D eigenvalue weighted by Gasteiger charge is 2.52. The second kappa shape index (κ2) is 7.42. The molecule has 34 heavy (non-hydrogen) atoms. The Labute approximate surface area is 195 Å². The number of halogens is 1. The zero-order valence-corrected chi connectivity index (χ0v) is 18.4. The minimum atomic E-state index is -0.668. The molecule has 1 amide bonds. The number of aliphatic hydroxyl groups is 1. The Kier molecular flexibility index (Phi) is 4.45. The first-order chi connectivity index (χ1) is 16.4. The lowest BCUT2D eigenvalue weighted by atomic mass is 9.88. The van der Waals surface area contributed by atoms with Gasteiger partial charge in [-0.3, -0.25) is 9.59 Å². The van der Waals surface area contributed by atoms with Crippen LogP contribution < -0.4 is 0 Å². The molecule has 0 aliphatic carbocycles. The van der Waals surface area contributed by atoms with Crippen molar-refractivity contribution in [2.24, 2.45) is 0 Å². The van der Waals surface area contributed by atoms with Gasteiger partial charge in [-0.25, -0.2) is 4.39 Å². The van der Waals surface area contributed by atoms with Gasteiger partial charge < -0.3 is 15.0 Å². The number of para-hydroxylation sites is 1. The highest BCUT2D eigenvalue weighted by Crippen LogP contribution is 2.45. The number of aromatic nitrogens is 1. The summed E-state index contributed by atoms with van der Waals surface area (Å²) in [6.07, 6.45) is 0.394. The van der Waals surface area contributed by atoms with Crippen LogP contribution in [0.5, 0.6) is 0 Å². The summed E-state index contributed by atoms with van der Waals surface area (Å²) >= 11 is 0. The van der Waals surface area contributed by atoms with Crippen molar-refractivity contribution in [1.82, 2.24) is 9.88 Å². The van der Waals surface area contributed by atoms with Crippen LogP contribution in [0.3, 0.4) is 0 Å². The van der Waals surface area contributed by atoms with E-state index in [1.165, 1.54) is 19.1 Å². The topological polar surface area (TPSA) is 73.4 Å². The van der Waals surface area contributed by atoms with Crippen LogP contribution in [0.25, 0.3) is 22.0 Å². The summed E-state index contributed by atoms with van der Waals surface area (Å²) in [5.74, 6) is -1.33. The number of allylic oxidation sites excluding steroid dienone is 1. The molecule has 2 aliphatic rings. The first-order valence-electron chi connectivity index (χ1n) is 11.2. The van der Waals surface area contributed by atoms with Gasteiger partial charge >= 0.3 is 0 Å². The lowest BCUT2D eigenvalue weighted by molar-refractivity contribution is -0.129. The monoisotopic (exact) mass is 452 g/mol. The van der Waals surface area contributed by atoms with E-state index in [9.17, 15) is 19.1 Å². The molecule has 6 rings (SSSR count). The number of fused-ring (bicyclic) bond motifs is 4. The molecule has 0 radical (unpaired) electrons. The quantitative estimate of drug-likeness (QED) is 0.248. The molecule has 168 valence electrons. The highest BCUT2D eigenvalue weighted by atomic mass is 19.1. The van der Waals surface area contributed by atoms with Crippen molar-refractivity contribution in [2.75, 3.05) is 0 Å². The molecule has 0 unspecified atom stereocenters. The zero-order chi connectivity index (χ0) is 23.6. The molecular weight excluding hydrogens is 431 g/mol. The number of hydrogen-bond acceptors (Lipinski definition) is 3. The van der Waals surface area contributed by atoms with Gasteiger partial charge in [-0.2, -0.15) is 0 Å². The van der Waals surface area contributed by atoms with Gasteiger partial charge in [0.15, 0.2) is 5.78 Å². The van der Waals surface area contributed by atoms with E-state index >= 15 is 0 Å². The van der Waals surface area contributed by atoms with Crippen molar-refractivity contribution in [3.63, 3.8) is 0 Å². The standard InChI is InChI=1S/C28H21FN2O3/c1-15(32)24-27(33)23-14-21-20-4-2-3-5-22(20)30-25(21)26(31(23)28(24)34)18-8-6-16(7-9-18)17-10-12-19(29)13-11-17/h2-13,23,26,30,32H,14H2,1H3/b24-15-/t23-,26+/m0/s1. The Bertz CT molecular complexity index is 1500. The number of hydrogen-bond donors (Lipinski definition) is 2. The fraction of sp³-hybridized carbons (Fsp3) is 0.143. The molecule has 2 N–H and O–H groups in total. The maximum absolute atomic E-state index is 13.4. The fourth-order valence-electron chi connectivity index (χ4n) is 5.32. The number of carbonyl (C=O) groups excluding carboxylic acids is 2. The summed E-state index contributed by atoms with van der Waals surface area (Å²) in [6.45, 7) is 1.38. The maximum atomic E-state index is 13.4. The lowest BCUT2D eigenvalue weighted by Crippen LogP contribution is -2.44. The SMILES string of the molecule is C/C(O)=C1\C(=O)[C@@H]2Cc3c([nH]c4ccccc34)[C@@H](c3ccc(-c4ccc(F)cc4)cc3)N2C1=O. The molecule has 3 heterocycles. The number of amides is 1. The molecule has 3 aromatic carbocycles. The van der Waals surface area contributed by atoms with E-state index in [4.69, 9.17) is 0 Å². The van der Waals surface area contributed by atoms with E-state index in [1.807, 2.05) is 48.5 Å².